The number of carbonyl (C=O) groups is 1. The third-order valence-corrected chi connectivity index (χ3v) is 5.29. The second kappa shape index (κ2) is 8.20. The van der Waals surface area contributed by atoms with Crippen molar-refractivity contribution in [3.63, 3.8) is 0 Å². The lowest BCUT2D eigenvalue weighted by atomic mass is 10.00. The lowest BCUT2D eigenvalue weighted by molar-refractivity contribution is -0.119. The first-order valence-corrected chi connectivity index (χ1v) is 10.2. The molecule has 0 aliphatic carbocycles. The van der Waals surface area contributed by atoms with E-state index in [1.807, 2.05) is 48.5 Å². The maximum atomic E-state index is 12.4. The molecule has 7 heteroatoms. The molecule has 0 unspecified atom stereocenters. The number of hydrogen-bond donors (Lipinski definition) is 1. The average molecular weight is 441 g/mol. The molecule has 0 bridgehead atoms. The van der Waals surface area contributed by atoms with Crippen LogP contribution in [0.1, 0.15) is 0 Å². The summed E-state index contributed by atoms with van der Waals surface area (Å²) in [4.78, 5) is 23.8. The number of rotatable bonds is 6. The molecule has 164 valence electrons. The predicted molar refractivity (Wildman–Crippen MR) is 124 cm³/mol. The Labute approximate surface area is 187 Å². The largest absolute Gasteiger partial charge is 0.493 e. The van der Waals surface area contributed by atoms with E-state index < -0.39 is 11.5 Å². The quantitative estimate of drug-likeness (QED) is 0.382. The van der Waals surface area contributed by atoms with Crippen LogP contribution in [0, 0.1) is 0 Å². The van der Waals surface area contributed by atoms with E-state index in [0.29, 0.717) is 44.9 Å². The summed E-state index contributed by atoms with van der Waals surface area (Å²) < 4.78 is 22.7. The molecule has 0 aliphatic rings. The van der Waals surface area contributed by atoms with Gasteiger partial charge in [0.15, 0.2) is 17.9 Å². The Bertz CT molecular complexity index is 1550. The van der Waals surface area contributed by atoms with E-state index >= 15 is 0 Å². The Kier molecular flexibility index (Phi) is 5.06. The summed E-state index contributed by atoms with van der Waals surface area (Å²) in [5, 5.41) is 1.42. The number of methoxy groups -OCH3 is 1. The number of primary amides is 1. The Balaban J connectivity index is 1.76. The lowest BCUT2D eigenvalue weighted by Gasteiger charge is -2.13. The zero-order chi connectivity index (χ0) is 22.9. The van der Waals surface area contributed by atoms with Crippen LogP contribution in [0.2, 0.25) is 0 Å². The molecular formula is C26H19NO6. The van der Waals surface area contributed by atoms with Crippen LogP contribution in [-0.2, 0) is 4.79 Å². The number of fused-ring (bicyclic) bond motifs is 2. The molecule has 2 aromatic heterocycles. The van der Waals surface area contributed by atoms with Gasteiger partial charge in [0.25, 0.3) is 5.91 Å². The van der Waals surface area contributed by atoms with Crippen LogP contribution in [0.5, 0.6) is 11.5 Å². The van der Waals surface area contributed by atoms with Gasteiger partial charge in [-0.15, -0.1) is 0 Å². The molecule has 0 saturated heterocycles. The van der Waals surface area contributed by atoms with Crippen LogP contribution in [0.25, 0.3) is 44.4 Å². The number of amides is 1. The zero-order valence-electron chi connectivity index (χ0n) is 17.7. The Hall–Kier alpha value is -4.52. The summed E-state index contributed by atoms with van der Waals surface area (Å²) in [6, 6.07) is 21.6. The normalized spacial score (nSPS) is 11.1. The highest BCUT2D eigenvalue weighted by Crippen LogP contribution is 2.40. The molecule has 33 heavy (non-hydrogen) atoms. The van der Waals surface area contributed by atoms with Crippen molar-refractivity contribution >= 4 is 27.8 Å². The van der Waals surface area contributed by atoms with Gasteiger partial charge in [0.1, 0.15) is 17.1 Å². The van der Waals surface area contributed by atoms with Crippen LogP contribution in [0.4, 0.5) is 0 Å². The number of furan rings is 1. The van der Waals surface area contributed by atoms with Crippen LogP contribution in [0.3, 0.4) is 0 Å². The lowest BCUT2D eigenvalue weighted by Crippen LogP contribution is -2.20. The second-order valence-electron chi connectivity index (χ2n) is 7.43. The molecule has 0 aliphatic heterocycles. The number of ether oxygens (including phenoxy) is 2. The predicted octanol–water partition coefficient (Wildman–Crippen LogP) is 4.75. The van der Waals surface area contributed by atoms with Gasteiger partial charge in [-0.25, -0.2) is 4.79 Å². The number of nitrogens with two attached hydrogens (primary N) is 1. The van der Waals surface area contributed by atoms with Gasteiger partial charge in [-0.05, 0) is 29.8 Å². The standard InChI is InChI=1S/C26H19NO6/c1-30-20-9-5-8-16-10-22(33-26(16)20)19-13-25(29)32-23-11-17(15-6-3-2-4-7-15)21(12-18(19)23)31-14-24(27)28/h2-13H,14H2,1H3,(H2,27,28). The summed E-state index contributed by atoms with van der Waals surface area (Å²) in [6.45, 7) is -0.292. The highest BCUT2D eigenvalue weighted by atomic mass is 16.5. The zero-order valence-corrected chi connectivity index (χ0v) is 17.7. The van der Waals surface area contributed by atoms with Gasteiger partial charge in [0.2, 0.25) is 0 Å². The molecule has 0 saturated carbocycles. The van der Waals surface area contributed by atoms with Gasteiger partial charge in [-0.1, -0.05) is 42.5 Å². The smallest absolute Gasteiger partial charge is 0.336 e. The maximum absolute atomic E-state index is 12.4. The first kappa shape index (κ1) is 20.4. The molecule has 2 N–H and O–H groups in total. The SMILES string of the molecule is COc1cccc2cc(-c3cc(=O)oc4cc(-c5ccccc5)c(OCC(N)=O)cc34)oc12. The fourth-order valence-electron chi connectivity index (χ4n) is 3.83. The summed E-state index contributed by atoms with van der Waals surface area (Å²) in [7, 11) is 1.57. The van der Waals surface area contributed by atoms with Gasteiger partial charge >= 0.3 is 5.63 Å². The number of benzene rings is 3. The van der Waals surface area contributed by atoms with E-state index in [2.05, 4.69) is 0 Å². The van der Waals surface area contributed by atoms with Crippen molar-refractivity contribution in [1.29, 1.82) is 0 Å². The topological polar surface area (TPSA) is 105 Å². The van der Waals surface area contributed by atoms with Crippen LogP contribution in [-0.4, -0.2) is 19.6 Å². The highest BCUT2D eigenvalue weighted by Gasteiger charge is 2.18. The van der Waals surface area contributed by atoms with Gasteiger partial charge in [-0.3, -0.25) is 4.79 Å². The molecule has 3 aromatic carbocycles. The van der Waals surface area contributed by atoms with Crippen molar-refractivity contribution in [2.75, 3.05) is 13.7 Å². The number of para-hydroxylation sites is 1. The molecule has 2 heterocycles. The van der Waals surface area contributed by atoms with E-state index in [4.69, 9.17) is 24.0 Å². The first-order chi connectivity index (χ1) is 16.0. The molecule has 0 spiro atoms. The van der Waals surface area contributed by atoms with Gasteiger partial charge in [0, 0.05) is 28.0 Å². The van der Waals surface area contributed by atoms with Gasteiger partial charge in [0.05, 0.1) is 7.11 Å². The Morgan fingerprint density at radius 1 is 0.909 bits per heavy atom. The van der Waals surface area contributed by atoms with Crippen molar-refractivity contribution in [2.45, 2.75) is 0 Å². The van der Waals surface area contributed by atoms with Crippen molar-refractivity contribution in [1.82, 2.24) is 0 Å². The first-order valence-electron chi connectivity index (χ1n) is 10.2. The summed E-state index contributed by atoms with van der Waals surface area (Å²) in [5.74, 6) is 0.887. The minimum Gasteiger partial charge on any atom is -0.493 e. The third kappa shape index (κ3) is 3.80. The fourth-order valence-corrected chi connectivity index (χ4v) is 3.83. The third-order valence-electron chi connectivity index (χ3n) is 5.29. The van der Waals surface area contributed by atoms with Crippen LogP contribution < -0.4 is 20.8 Å². The minimum absolute atomic E-state index is 0.292. The summed E-state index contributed by atoms with van der Waals surface area (Å²) in [5.41, 5.74) is 7.74. The second-order valence-corrected chi connectivity index (χ2v) is 7.43. The Morgan fingerprint density at radius 2 is 1.73 bits per heavy atom. The average Bonchev–Trinajstić information content (AvgIpc) is 3.26. The van der Waals surface area contributed by atoms with E-state index in [1.165, 1.54) is 6.07 Å². The van der Waals surface area contributed by atoms with Crippen molar-refractivity contribution in [3.05, 3.63) is 83.2 Å². The molecule has 0 atom stereocenters. The van der Waals surface area contributed by atoms with Crippen molar-refractivity contribution in [2.24, 2.45) is 5.73 Å². The Morgan fingerprint density at radius 3 is 2.48 bits per heavy atom. The molecular weight excluding hydrogens is 422 g/mol. The monoisotopic (exact) mass is 441 g/mol. The minimum atomic E-state index is -0.599. The van der Waals surface area contributed by atoms with Gasteiger partial charge in [-0.2, -0.15) is 0 Å². The molecule has 0 fully saturated rings. The molecule has 0 radical (unpaired) electrons. The number of carbonyl (C=O) groups excluding carboxylic acids is 1. The van der Waals surface area contributed by atoms with E-state index in [0.717, 1.165) is 10.9 Å². The summed E-state index contributed by atoms with van der Waals surface area (Å²) in [6.07, 6.45) is 0. The van der Waals surface area contributed by atoms with E-state index in [-0.39, 0.29) is 6.61 Å². The van der Waals surface area contributed by atoms with Crippen molar-refractivity contribution < 1.29 is 23.1 Å². The van der Waals surface area contributed by atoms with Crippen LogP contribution >= 0.6 is 0 Å². The summed E-state index contributed by atoms with van der Waals surface area (Å²) >= 11 is 0. The van der Waals surface area contributed by atoms with E-state index in [1.54, 1.807) is 25.3 Å². The van der Waals surface area contributed by atoms with Crippen molar-refractivity contribution in [3.8, 4) is 33.9 Å². The number of hydrogen-bond acceptors (Lipinski definition) is 6. The van der Waals surface area contributed by atoms with Crippen LogP contribution in [0.15, 0.2) is 86.4 Å². The molecule has 5 rings (SSSR count). The molecule has 5 aromatic rings. The molecule has 7 nitrogen and oxygen atoms in total. The maximum Gasteiger partial charge on any atom is 0.336 e. The van der Waals surface area contributed by atoms with Gasteiger partial charge < -0.3 is 24.0 Å². The highest BCUT2D eigenvalue weighted by molar-refractivity contribution is 5.98. The van der Waals surface area contributed by atoms with E-state index in [9.17, 15) is 9.59 Å². The molecule has 1 amide bonds. The fraction of sp³-hybridized carbons (Fsp3) is 0.0769.